The molecule has 0 N–H and O–H groups in total. The standard InChI is InChI=1S/C16H20BrClN2/c1-4-14-16(17)15(20(3)19-14)9-12(10-18)13-8-6-5-7-11(13)2/h5-8,12H,4,9-10H2,1-3H3. The first-order valence-electron chi connectivity index (χ1n) is 6.90. The monoisotopic (exact) mass is 354 g/mol. The van der Waals surface area contributed by atoms with Crippen LogP contribution in [0.15, 0.2) is 28.7 Å². The van der Waals surface area contributed by atoms with Crippen LogP contribution in [0.1, 0.15) is 35.4 Å². The second-order valence-electron chi connectivity index (χ2n) is 5.10. The van der Waals surface area contributed by atoms with Crippen LogP contribution in [0.25, 0.3) is 0 Å². The Balaban J connectivity index is 2.32. The molecular weight excluding hydrogens is 336 g/mol. The Kier molecular flexibility index (Phi) is 5.28. The molecule has 0 aliphatic heterocycles. The molecule has 1 aromatic heterocycles. The van der Waals surface area contributed by atoms with Gasteiger partial charge in [0.1, 0.15) is 0 Å². The normalized spacial score (nSPS) is 12.7. The number of hydrogen-bond donors (Lipinski definition) is 0. The maximum absolute atomic E-state index is 6.22. The van der Waals surface area contributed by atoms with Crippen LogP contribution in [0.3, 0.4) is 0 Å². The summed E-state index contributed by atoms with van der Waals surface area (Å²) >= 11 is 9.91. The highest BCUT2D eigenvalue weighted by Gasteiger charge is 2.19. The van der Waals surface area contributed by atoms with Crippen molar-refractivity contribution in [3.63, 3.8) is 0 Å². The fraction of sp³-hybridized carbons (Fsp3) is 0.438. The van der Waals surface area contributed by atoms with Gasteiger partial charge in [0.05, 0.1) is 15.9 Å². The highest BCUT2D eigenvalue weighted by atomic mass is 79.9. The Bertz CT molecular complexity index is 592. The van der Waals surface area contributed by atoms with E-state index in [4.69, 9.17) is 11.6 Å². The zero-order valence-corrected chi connectivity index (χ0v) is 14.5. The molecule has 0 spiro atoms. The third-order valence-corrected chi connectivity index (χ3v) is 5.05. The lowest BCUT2D eigenvalue weighted by Crippen LogP contribution is -2.10. The van der Waals surface area contributed by atoms with Crippen molar-refractivity contribution in [3.05, 3.63) is 51.3 Å². The van der Waals surface area contributed by atoms with Gasteiger partial charge in [-0.05, 0) is 46.8 Å². The van der Waals surface area contributed by atoms with Crippen molar-refractivity contribution in [2.75, 3.05) is 5.88 Å². The summed E-state index contributed by atoms with van der Waals surface area (Å²) in [7, 11) is 2.00. The summed E-state index contributed by atoms with van der Waals surface area (Å²) < 4.78 is 3.10. The first-order chi connectivity index (χ1) is 9.58. The molecule has 4 heteroatoms. The predicted molar refractivity (Wildman–Crippen MR) is 88.6 cm³/mol. The van der Waals surface area contributed by atoms with Gasteiger partial charge in [-0.2, -0.15) is 5.10 Å². The van der Waals surface area contributed by atoms with E-state index in [9.17, 15) is 0 Å². The Labute approximate surface area is 134 Å². The molecule has 0 aliphatic carbocycles. The Hall–Kier alpha value is -0.800. The molecule has 1 unspecified atom stereocenters. The summed E-state index contributed by atoms with van der Waals surface area (Å²) in [5.41, 5.74) is 4.96. The summed E-state index contributed by atoms with van der Waals surface area (Å²) in [4.78, 5) is 0. The van der Waals surface area contributed by atoms with Crippen molar-refractivity contribution in [1.29, 1.82) is 0 Å². The van der Waals surface area contributed by atoms with Gasteiger partial charge in [0.25, 0.3) is 0 Å². The first kappa shape index (κ1) is 15.6. The Morgan fingerprint density at radius 2 is 2.05 bits per heavy atom. The van der Waals surface area contributed by atoms with Crippen molar-refractivity contribution in [3.8, 4) is 0 Å². The van der Waals surface area contributed by atoms with Crippen LogP contribution in [0.2, 0.25) is 0 Å². The van der Waals surface area contributed by atoms with Crippen molar-refractivity contribution in [2.45, 2.75) is 32.6 Å². The quantitative estimate of drug-likeness (QED) is 0.716. The molecule has 0 bridgehead atoms. The van der Waals surface area contributed by atoms with Crippen LogP contribution in [0.5, 0.6) is 0 Å². The van der Waals surface area contributed by atoms with Gasteiger partial charge in [-0.15, -0.1) is 11.6 Å². The van der Waals surface area contributed by atoms with E-state index < -0.39 is 0 Å². The number of benzene rings is 1. The lowest BCUT2D eigenvalue weighted by atomic mass is 9.92. The molecule has 0 saturated heterocycles. The van der Waals surface area contributed by atoms with Gasteiger partial charge in [-0.1, -0.05) is 31.2 Å². The zero-order chi connectivity index (χ0) is 14.7. The molecule has 0 aliphatic rings. The molecule has 0 amide bonds. The van der Waals surface area contributed by atoms with Crippen LogP contribution in [0.4, 0.5) is 0 Å². The Morgan fingerprint density at radius 1 is 1.35 bits per heavy atom. The number of alkyl halides is 1. The molecule has 20 heavy (non-hydrogen) atoms. The minimum absolute atomic E-state index is 0.314. The summed E-state index contributed by atoms with van der Waals surface area (Å²) in [6.45, 7) is 4.27. The van der Waals surface area contributed by atoms with Gasteiger partial charge < -0.3 is 0 Å². The minimum atomic E-state index is 0.314. The van der Waals surface area contributed by atoms with Crippen LogP contribution < -0.4 is 0 Å². The van der Waals surface area contributed by atoms with Crippen LogP contribution in [-0.2, 0) is 19.9 Å². The molecule has 2 rings (SSSR count). The van der Waals surface area contributed by atoms with E-state index in [0.29, 0.717) is 11.8 Å². The maximum atomic E-state index is 6.22. The summed E-state index contributed by atoms with van der Waals surface area (Å²) in [6, 6.07) is 8.47. The fourth-order valence-corrected chi connectivity index (χ4v) is 3.62. The highest BCUT2D eigenvalue weighted by molar-refractivity contribution is 9.10. The van der Waals surface area contributed by atoms with Gasteiger partial charge in [0, 0.05) is 18.8 Å². The lowest BCUT2D eigenvalue weighted by Gasteiger charge is -2.17. The second kappa shape index (κ2) is 6.77. The Morgan fingerprint density at radius 3 is 2.60 bits per heavy atom. The molecule has 1 heterocycles. The number of hydrogen-bond acceptors (Lipinski definition) is 1. The smallest absolute Gasteiger partial charge is 0.0766 e. The van der Waals surface area contributed by atoms with Crippen LogP contribution in [0, 0.1) is 6.92 Å². The number of halogens is 2. The van der Waals surface area contributed by atoms with Gasteiger partial charge in [-0.25, -0.2) is 0 Å². The van der Waals surface area contributed by atoms with E-state index in [1.165, 1.54) is 16.8 Å². The van der Waals surface area contributed by atoms with Crippen molar-refractivity contribution in [1.82, 2.24) is 9.78 Å². The summed E-state index contributed by atoms with van der Waals surface area (Å²) in [6.07, 6.45) is 1.84. The van der Waals surface area contributed by atoms with Crippen molar-refractivity contribution >= 4 is 27.5 Å². The average Bonchev–Trinajstić information content (AvgIpc) is 2.72. The number of nitrogens with zero attached hydrogens (tertiary/aromatic N) is 2. The molecule has 0 radical (unpaired) electrons. The SMILES string of the molecule is CCc1nn(C)c(CC(CCl)c2ccccc2C)c1Br. The topological polar surface area (TPSA) is 17.8 Å². The third-order valence-electron chi connectivity index (χ3n) is 3.76. The van der Waals surface area contributed by atoms with Gasteiger partial charge in [0.2, 0.25) is 0 Å². The van der Waals surface area contributed by atoms with E-state index >= 15 is 0 Å². The fourth-order valence-electron chi connectivity index (χ4n) is 2.57. The molecule has 2 nitrogen and oxygen atoms in total. The minimum Gasteiger partial charge on any atom is -0.271 e. The van der Waals surface area contributed by atoms with E-state index in [0.717, 1.165) is 23.0 Å². The lowest BCUT2D eigenvalue weighted by molar-refractivity contribution is 0.652. The molecule has 1 aromatic carbocycles. The van der Waals surface area contributed by atoms with Crippen LogP contribution >= 0.6 is 27.5 Å². The van der Waals surface area contributed by atoms with E-state index in [2.05, 4.69) is 59.1 Å². The summed E-state index contributed by atoms with van der Waals surface area (Å²) in [5.74, 6) is 0.929. The summed E-state index contributed by atoms with van der Waals surface area (Å²) in [5, 5.41) is 4.56. The van der Waals surface area contributed by atoms with Gasteiger partial charge in [-0.3, -0.25) is 4.68 Å². The van der Waals surface area contributed by atoms with Crippen LogP contribution in [-0.4, -0.2) is 15.7 Å². The molecule has 0 fully saturated rings. The number of aryl methyl sites for hydroxylation is 3. The second-order valence-corrected chi connectivity index (χ2v) is 6.20. The molecule has 0 saturated carbocycles. The van der Waals surface area contributed by atoms with Crippen molar-refractivity contribution < 1.29 is 0 Å². The molecule has 108 valence electrons. The van der Waals surface area contributed by atoms with Gasteiger partial charge >= 0.3 is 0 Å². The van der Waals surface area contributed by atoms with E-state index in [-0.39, 0.29) is 0 Å². The maximum Gasteiger partial charge on any atom is 0.0766 e. The van der Waals surface area contributed by atoms with Gasteiger partial charge in [0.15, 0.2) is 0 Å². The highest BCUT2D eigenvalue weighted by Crippen LogP contribution is 2.30. The molecular formula is C16H20BrClN2. The van der Waals surface area contributed by atoms with E-state index in [1.54, 1.807) is 0 Å². The molecule has 2 aromatic rings. The zero-order valence-electron chi connectivity index (χ0n) is 12.2. The molecule has 1 atom stereocenters. The number of aromatic nitrogens is 2. The number of rotatable bonds is 5. The predicted octanol–water partition coefficient (Wildman–Crippen LogP) is 4.62. The largest absolute Gasteiger partial charge is 0.271 e. The third kappa shape index (κ3) is 3.09. The van der Waals surface area contributed by atoms with E-state index in [1.807, 2.05) is 11.7 Å². The van der Waals surface area contributed by atoms with Crippen molar-refractivity contribution in [2.24, 2.45) is 7.05 Å². The average molecular weight is 356 g/mol. The first-order valence-corrected chi connectivity index (χ1v) is 8.22.